The molecule has 3 aliphatic rings. The van der Waals surface area contributed by atoms with Gasteiger partial charge in [-0.3, -0.25) is 4.79 Å². The van der Waals surface area contributed by atoms with Crippen LogP contribution in [0.5, 0.6) is 0 Å². The second-order valence-corrected chi connectivity index (χ2v) is 11.8. The average Bonchev–Trinajstić information content (AvgIpc) is 3.47. The fourth-order valence-electron chi connectivity index (χ4n) is 3.17. The summed E-state index contributed by atoms with van der Waals surface area (Å²) in [7, 11) is 0. The van der Waals surface area contributed by atoms with Crippen LogP contribution in [0.25, 0.3) is 0 Å². The highest BCUT2D eigenvalue weighted by Crippen LogP contribution is 2.37. The first kappa shape index (κ1) is 30.5. The molecule has 3 saturated heterocycles. The Labute approximate surface area is 208 Å². The molecule has 3 aliphatic heterocycles. The lowest BCUT2D eigenvalue weighted by atomic mass is 9.98. The lowest BCUT2D eigenvalue weighted by Gasteiger charge is -2.32. The number of carbonyl (C=O) groups excluding carboxylic acids is 3. The number of nitrogens with zero attached hydrogens (tertiary/aromatic N) is 2. The molecule has 0 aromatic carbocycles. The Morgan fingerprint density at radius 1 is 0.941 bits per heavy atom. The van der Waals surface area contributed by atoms with Crippen molar-refractivity contribution in [2.24, 2.45) is 0 Å². The lowest BCUT2D eigenvalue weighted by Crippen LogP contribution is -2.43. The first-order chi connectivity index (χ1) is 15.7. The van der Waals surface area contributed by atoms with E-state index < -0.39 is 11.2 Å². The molecular formula is C24H44N2O7S. The van der Waals surface area contributed by atoms with Crippen molar-refractivity contribution in [3.8, 4) is 0 Å². The fourth-order valence-corrected chi connectivity index (χ4v) is 3.35. The van der Waals surface area contributed by atoms with Crippen LogP contribution in [-0.2, 0) is 19.0 Å². The summed E-state index contributed by atoms with van der Waals surface area (Å²) in [5.41, 5.74) is -0.737. The quantitative estimate of drug-likeness (QED) is 0.443. The number of rotatable bonds is 2. The van der Waals surface area contributed by atoms with Crippen molar-refractivity contribution in [1.82, 2.24) is 9.80 Å². The van der Waals surface area contributed by atoms with Gasteiger partial charge in [0.2, 0.25) is 0 Å². The third kappa shape index (κ3) is 12.8. The van der Waals surface area contributed by atoms with E-state index in [1.165, 1.54) is 11.8 Å². The third-order valence-electron chi connectivity index (χ3n) is 5.15. The molecule has 1 N–H and O–H groups in total. The van der Waals surface area contributed by atoms with Crippen LogP contribution in [0, 0.1) is 0 Å². The summed E-state index contributed by atoms with van der Waals surface area (Å²) >= 11 is 1.52. The summed E-state index contributed by atoms with van der Waals surface area (Å²) in [4.78, 5) is 37.5. The number of ether oxygens (including phenoxy) is 3. The first-order valence-electron chi connectivity index (χ1n) is 12.0. The summed E-state index contributed by atoms with van der Waals surface area (Å²) < 4.78 is 15.9. The molecular weight excluding hydrogens is 460 g/mol. The van der Waals surface area contributed by atoms with Gasteiger partial charge in [-0.25, -0.2) is 9.59 Å². The maximum atomic E-state index is 11.7. The predicted molar refractivity (Wildman–Crippen MR) is 133 cm³/mol. The zero-order valence-corrected chi connectivity index (χ0v) is 22.8. The lowest BCUT2D eigenvalue weighted by molar-refractivity contribution is -0.121. The minimum atomic E-state index is -0.460. The summed E-state index contributed by atoms with van der Waals surface area (Å²) in [6.07, 6.45) is 2.31. The Bertz CT molecular complexity index is 647. The molecule has 3 heterocycles. The van der Waals surface area contributed by atoms with E-state index in [2.05, 4.69) is 0 Å². The van der Waals surface area contributed by atoms with E-state index in [0.29, 0.717) is 25.9 Å². The molecule has 1 spiro atoms. The van der Waals surface area contributed by atoms with E-state index in [1.54, 1.807) is 9.80 Å². The van der Waals surface area contributed by atoms with Crippen molar-refractivity contribution in [1.29, 1.82) is 0 Å². The van der Waals surface area contributed by atoms with Gasteiger partial charge in [-0.15, -0.1) is 11.8 Å². The highest BCUT2D eigenvalue weighted by atomic mass is 32.2. The monoisotopic (exact) mass is 504 g/mol. The molecule has 0 atom stereocenters. The molecule has 0 unspecified atom stereocenters. The van der Waals surface area contributed by atoms with Gasteiger partial charge in [0.15, 0.2) is 0 Å². The number of hydrogen-bond donors (Lipinski definition) is 1. The van der Waals surface area contributed by atoms with Crippen molar-refractivity contribution in [3.63, 3.8) is 0 Å². The number of hydrogen-bond acceptors (Lipinski definition) is 8. The van der Waals surface area contributed by atoms with E-state index in [9.17, 15) is 14.4 Å². The summed E-state index contributed by atoms with van der Waals surface area (Å²) in [5, 5.41) is 8.03. The van der Waals surface area contributed by atoms with Gasteiger partial charge >= 0.3 is 12.2 Å². The van der Waals surface area contributed by atoms with Crippen molar-refractivity contribution >= 4 is 29.7 Å². The molecule has 0 aliphatic carbocycles. The number of carbonyl (C=O) groups is 3. The van der Waals surface area contributed by atoms with E-state index in [0.717, 1.165) is 38.3 Å². The zero-order valence-electron chi connectivity index (χ0n) is 22.0. The molecule has 0 aromatic rings. The number of aliphatic hydroxyl groups is 1. The smallest absolute Gasteiger partial charge is 0.410 e. The van der Waals surface area contributed by atoms with Crippen molar-refractivity contribution in [2.75, 3.05) is 44.5 Å². The van der Waals surface area contributed by atoms with E-state index in [-0.39, 0.29) is 29.5 Å². The van der Waals surface area contributed by atoms with Gasteiger partial charge in [0.05, 0.1) is 18.1 Å². The SMILES string of the molecule is CC(C)(C)OC(=O)N1CCC(=O)CC1.CC(C)(C)OC(=O)N1CCC2(CC1)CO2.CCSCO. The largest absolute Gasteiger partial charge is 0.444 e. The number of piperidine rings is 2. The second-order valence-electron chi connectivity index (χ2n) is 10.6. The van der Waals surface area contributed by atoms with E-state index in [4.69, 9.17) is 19.3 Å². The van der Waals surface area contributed by atoms with Crippen molar-refractivity contribution in [2.45, 2.75) is 91.0 Å². The Balaban J connectivity index is 0.000000286. The predicted octanol–water partition coefficient (Wildman–Crippen LogP) is 4.06. The Hall–Kier alpha value is -1.52. The Morgan fingerprint density at radius 2 is 1.35 bits per heavy atom. The van der Waals surface area contributed by atoms with Gasteiger partial charge in [-0.2, -0.15) is 0 Å². The van der Waals surface area contributed by atoms with Gasteiger partial charge in [0.1, 0.15) is 17.0 Å². The van der Waals surface area contributed by atoms with Crippen LogP contribution < -0.4 is 0 Å². The van der Waals surface area contributed by atoms with Crippen LogP contribution in [0.3, 0.4) is 0 Å². The summed E-state index contributed by atoms with van der Waals surface area (Å²) in [6, 6.07) is 0. The molecule has 2 amide bonds. The first-order valence-corrected chi connectivity index (χ1v) is 13.2. The normalized spacial score (nSPS) is 19.4. The van der Waals surface area contributed by atoms with E-state index >= 15 is 0 Å². The van der Waals surface area contributed by atoms with Gasteiger partial charge in [0.25, 0.3) is 0 Å². The van der Waals surface area contributed by atoms with Gasteiger partial charge < -0.3 is 29.1 Å². The van der Waals surface area contributed by atoms with Crippen LogP contribution in [-0.4, -0.2) is 94.2 Å². The summed E-state index contributed by atoms with van der Waals surface area (Å²) in [6.45, 7) is 16.6. The van der Waals surface area contributed by atoms with Crippen LogP contribution in [0.1, 0.15) is 74.1 Å². The van der Waals surface area contributed by atoms with Crippen LogP contribution in [0.15, 0.2) is 0 Å². The highest BCUT2D eigenvalue weighted by Gasteiger charge is 2.47. The third-order valence-corrected chi connectivity index (χ3v) is 5.74. The van der Waals surface area contributed by atoms with Crippen LogP contribution in [0.4, 0.5) is 9.59 Å². The number of aliphatic hydroxyl groups excluding tert-OH is 1. The topological polar surface area (TPSA) is 109 Å². The maximum absolute atomic E-state index is 11.7. The van der Waals surface area contributed by atoms with E-state index in [1.807, 2.05) is 48.5 Å². The maximum Gasteiger partial charge on any atom is 0.410 e. The molecule has 0 saturated carbocycles. The molecule has 198 valence electrons. The number of Topliss-reactive ketones (excluding diaryl/α,β-unsaturated/α-hetero) is 1. The molecule has 0 radical (unpaired) electrons. The minimum Gasteiger partial charge on any atom is -0.444 e. The molecule has 0 bridgehead atoms. The van der Waals surface area contributed by atoms with Crippen LogP contribution >= 0.6 is 11.8 Å². The van der Waals surface area contributed by atoms with Gasteiger partial charge in [-0.1, -0.05) is 6.92 Å². The molecule has 34 heavy (non-hydrogen) atoms. The molecule has 10 heteroatoms. The fraction of sp³-hybridized carbons (Fsp3) is 0.875. The molecule has 3 fully saturated rings. The highest BCUT2D eigenvalue weighted by molar-refractivity contribution is 7.99. The number of likely N-dealkylation sites (tertiary alicyclic amines) is 2. The second kappa shape index (κ2) is 13.5. The van der Waals surface area contributed by atoms with Gasteiger partial charge in [0, 0.05) is 39.0 Å². The average molecular weight is 505 g/mol. The number of amides is 2. The molecule has 9 nitrogen and oxygen atoms in total. The van der Waals surface area contributed by atoms with Crippen molar-refractivity contribution < 1.29 is 33.7 Å². The Kier molecular flexibility index (Phi) is 12.1. The number of ketones is 1. The summed E-state index contributed by atoms with van der Waals surface area (Å²) in [5.74, 6) is 1.50. The zero-order chi connectivity index (χ0) is 26.0. The van der Waals surface area contributed by atoms with Crippen molar-refractivity contribution in [3.05, 3.63) is 0 Å². The standard InChI is InChI=1S/C11H19NO3.C10H17NO3.C3H8OS/c1-10(2,3)15-9(13)12-6-4-11(5-7-12)8-14-11;1-10(2,3)14-9(13)11-6-4-8(12)5-7-11;1-2-5-3-4/h4-8H2,1-3H3;4-7H2,1-3H3;4H,2-3H2,1H3. The Morgan fingerprint density at radius 3 is 1.65 bits per heavy atom. The number of thioether (sulfide) groups is 1. The number of epoxide rings is 1. The van der Waals surface area contributed by atoms with Crippen LogP contribution in [0.2, 0.25) is 0 Å². The minimum absolute atomic E-state index is 0.124. The van der Waals surface area contributed by atoms with Gasteiger partial charge in [-0.05, 0) is 60.1 Å². The molecule has 0 aromatic heterocycles. The molecule has 3 rings (SSSR count).